The Morgan fingerprint density at radius 3 is 1.49 bits per heavy atom. The summed E-state index contributed by atoms with van der Waals surface area (Å²) in [7, 11) is 4.16. The molecular formula is C57H101NaO36. The van der Waals surface area contributed by atoms with Crippen LogP contribution in [-0.2, 0) is 90.2 Å². The summed E-state index contributed by atoms with van der Waals surface area (Å²) >= 11 is 0. The van der Waals surface area contributed by atoms with Crippen molar-refractivity contribution in [2.75, 3.05) is 47.8 Å². The van der Waals surface area contributed by atoms with Crippen molar-refractivity contribution in [3.63, 3.8) is 0 Å². The number of carboxylic acid groups (broad SMARTS) is 1. The van der Waals surface area contributed by atoms with Gasteiger partial charge in [0.2, 0.25) is 0 Å². The van der Waals surface area contributed by atoms with Gasteiger partial charge in [0.25, 0.3) is 0 Å². The number of methoxy groups -OCH3 is 3. The summed E-state index contributed by atoms with van der Waals surface area (Å²) in [5.74, 6) is -2.08. The summed E-state index contributed by atoms with van der Waals surface area (Å²) in [6.07, 6.45) is -39.3. The van der Waals surface area contributed by atoms with Gasteiger partial charge in [-0.15, -0.1) is 0 Å². The summed E-state index contributed by atoms with van der Waals surface area (Å²) in [6.45, 7) is 6.85. The molecule has 8 rings (SSSR count). The molecule has 0 aromatic rings. The molecule has 0 amide bonds. The number of hydrogen-bond acceptors (Lipinski definition) is 36. The van der Waals surface area contributed by atoms with Crippen LogP contribution >= 0.6 is 0 Å². The zero-order chi connectivity index (χ0) is 69.3. The minimum atomic E-state index is -1.76. The van der Waals surface area contributed by atoms with Crippen LogP contribution in [0.2, 0.25) is 0 Å². The van der Waals surface area contributed by atoms with E-state index in [2.05, 4.69) is 4.74 Å². The Morgan fingerprint density at radius 1 is 0.511 bits per heavy atom. The minimum Gasteiger partial charge on any atom is -0.550 e. The first-order valence-corrected chi connectivity index (χ1v) is 31.0. The maximum atomic E-state index is 12.1. The third-order valence-electron chi connectivity index (χ3n) is 16.7. The predicted octanol–water partition coefficient (Wildman–Crippen LogP) is -11.3. The van der Waals surface area contributed by atoms with E-state index in [0.717, 1.165) is 0 Å². The molecule has 0 aromatic heterocycles. The van der Waals surface area contributed by atoms with Crippen molar-refractivity contribution >= 4 is 17.9 Å². The van der Waals surface area contributed by atoms with Crippen molar-refractivity contribution in [2.45, 2.75) is 295 Å². The molecule has 33 atom stereocenters. The molecule has 8 saturated heterocycles. The molecule has 36 nitrogen and oxygen atoms in total. The number of rotatable bonds is 22. The molecule has 37 heteroatoms. The monoisotopic (exact) mass is 1380 g/mol. The average Bonchev–Trinajstić information content (AvgIpc) is 0.808. The third-order valence-corrected chi connectivity index (χ3v) is 16.7. The van der Waals surface area contributed by atoms with Crippen molar-refractivity contribution in [3.05, 3.63) is 0 Å². The Balaban J connectivity index is 0.000000368. The van der Waals surface area contributed by atoms with Crippen LogP contribution in [0.4, 0.5) is 0 Å². The molecule has 546 valence electrons. The zero-order valence-corrected chi connectivity index (χ0v) is 56.1. The van der Waals surface area contributed by atoms with Gasteiger partial charge in [-0.2, -0.15) is 0 Å². The van der Waals surface area contributed by atoms with E-state index < -0.39 is 222 Å². The molecule has 8 heterocycles. The number of carboxylic acids is 1. The first-order valence-electron chi connectivity index (χ1n) is 31.0. The molecule has 0 spiro atoms. The maximum Gasteiger partial charge on any atom is 1.00 e. The van der Waals surface area contributed by atoms with E-state index in [9.17, 15) is 101 Å². The number of fused-ring (bicyclic) bond motifs is 8. The van der Waals surface area contributed by atoms with Crippen molar-refractivity contribution in [1.82, 2.24) is 0 Å². The van der Waals surface area contributed by atoms with Gasteiger partial charge >= 0.3 is 41.5 Å². The quantitative estimate of drug-likeness (QED) is 0.0353. The fourth-order valence-electron chi connectivity index (χ4n) is 11.1. The maximum absolute atomic E-state index is 12.1. The van der Waals surface area contributed by atoms with Crippen LogP contribution in [0.1, 0.15) is 93.8 Å². The van der Waals surface area contributed by atoms with Crippen molar-refractivity contribution in [1.29, 1.82) is 0 Å². The van der Waals surface area contributed by atoms with Crippen LogP contribution in [0.25, 0.3) is 0 Å². The van der Waals surface area contributed by atoms with Gasteiger partial charge in [0.1, 0.15) is 128 Å². The summed E-state index contributed by atoms with van der Waals surface area (Å²) in [6, 6.07) is 0. The second kappa shape index (κ2) is 40.6. The Bertz CT molecular complexity index is 2190. The number of carbonyl (C=O) groups excluding carboxylic acids is 3. The second-order valence-corrected chi connectivity index (χ2v) is 24.0. The minimum absolute atomic E-state index is 0. The molecule has 0 aromatic carbocycles. The third kappa shape index (κ3) is 23.1. The van der Waals surface area contributed by atoms with E-state index in [4.69, 9.17) is 71.1 Å². The molecule has 0 aliphatic carbocycles. The molecule has 0 radical (unpaired) electrons. The van der Waals surface area contributed by atoms with E-state index >= 15 is 0 Å². The number of aliphatic carboxylic acids is 1. The number of ether oxygens (including phenoxy) is 16. The predicted molar refractivity (Wildman–Crippen MR) is 302 cm³/mol. The molecular weight excluding hydrogens is 1280 g/mol. The van der Waals surface area contributed by atoms with Gasteiger partial charge in [-0.05, 0) is 79.6 Å². The molecule has 8 aliphatic heterocycles. The molecule has 0 saturated carbocycles. The van der Waals surface area contributed by atoms with Gasteiger partial charge in [-0.25, -0.2) is 0 Å². The Labute approximate surface area is 566 Å². The fourth-order valence-corrected chi connectivity index (χ4v) is 11.1. The van der Waals surface area contributed by atoms with Gasteiger partial charge < -0.3 is 167 Å². The smallest absolute Gasteiger partial charge is 0.550 e. The second-order valence-electron chi connectivity index (χ2n) is 24.0. The van der Waals surface area contributed by atoms with Gasteiger partial charge in [0, 0.05) is 34.5 Å². The van der Waals surface area contributed by atoms with Crippen LogP contribution in [0.5, 0.6) is 0 Å². The van der Waals surface area contributed by atoms with E-state index in [1.54, 1.807) is 27.7 Å². The Morgan fingerprint density at radius 2 is 0.968 bits per heavy atom. The Kier molecular flexibility index (Phi) is 36.6. The normalized spacial score (nSPS) is 43.5. The molecule has 94 heavy (non-hydrogen) atoms. The van der Waals surface area contributed by atoms with Crippen LogP contribution in [0, 0.1) is 0 Å². The number of esters is 2. The van der Waals surface area contributed by atoms with Gasteiger partial charge in [0.15, 0.2) is 43.8 Å². The number of aliphatic hydroxyl groups excluding tert-OH is 16. The molecule has 2 bridgehead atoms. The van der Waals surface area contributed by atoms with Crippen LogP contribution in [-0.4, -0.2) is 350 Å². The van der Waals surface area contributed by atoms with Crippen molar-refractivity contribution < 1.29 is 208 Å². The Hall–Kier alpha value is -1.79. The summed E-state index contributed by atoms with van der Waals surface area (Å²) in [5.41, 5.74) is 0. The SMILES string of the molecule is CC(CCCC(=O)[O-])OC1OC(CO)C(O)C(O)C1OC1OC(CO)C(O)C(O)C1O.COCC1OC(OC(C)CCCC(=O)OC)C(OC2OC(C)C(O)C(O)C2O)C(O)C1O.COCC1OC2OC(C)CCCC(=O)OC3C(C)OC(OC2C(O)C1O)C(O)C3O.[HH].[Na+]. The standard InChI is InChI=1S/C20H36O12.C19H32O11.C18H32O13.Na.H2/c1-9(6-5-7-12(21)28-4)29-20-18(16(25)14(23)11(31-20)8-27-3)32-19-17(26)15(24)13(22)10(2)30-19;1-8-5-4-6-11(20)29-16-9(2)27-18(15(24)14(16)23)30-17-13(22)12(21)10(7-25-3)28-19(17)26-8;1-7(3-2-4-10(21)22)28-18-16(14(26)12(24)9(6-20)30-18)31-17-15(27)13(25)11(23)8(5-19)29-17;;/h9-11,13-20,22-26H,5-8H2,1-4H3;8-10,12-19,21-24H,4-7H2,1-3H3;7-9,11-20,23-27H,2-6H2,1H3,(H,21,22);;1H/q;;;+1;/p-1. The summed E-state index contributed by atoms with van der Waals surface area (Å²) in [4.78, 5) is 34.0. The fraction of sp³-hybridized carbons (Fsp3) is 0.947. The number of hydrogen-bond donors (Lipinski definition) is 16. The molecule has 16 N–H and O–H groups in total. The molecule has 8 aliphatic rings. The number of carbonyl (C=O) groups is 3. The van der Waals surface area contributed by atoms with Crippen LogP contribution in [0.15, 0.2) is 0 Å². The zero-order valence-electron chi connectivity index (χ0n) is 54.1. The topological polar surface area (TPSA) is 546 Å². The summed E-state index contributed by atoms with van der Waals surface area (Å²) in [5, 5.41) is 173. The van der Waals surface area contributed by atoms with E-state index in [1.165, 1.54) is 28.3 Å². The van der Waals surface area contributed by atoms with Gasteiger partial charge in [-0.1, -0.05) is 0 Å². The number of aliphatic hydroxyl groups is 16. The average molecular weight is 1390 g/mol. The van der Waals surface area contributed by atoms with Crippen LogP contribution < -0.4 is 34.7 Å². The first kappa shape index (κ1) is 84.6. The van der Waals surface area contributed by atoms with Crippen molar-refractivity contribution in [3.8, 4) is 0 Å². The van der Waals surface area contributed by atoms with E-state index in [-0.39, 0.29) is 88.4 Å². The molecule has 33 unspecified atom stereocenters. The van der Waals surface area contributed by atoms with E-state index in [1.807, 2.05) is 0 Å². The van der Waals surface area contributed by atoms with Crippen molar-refractivity contribution in [2.24, 2.45) is 0 Å². The first-order chi connectivity index (χ1) is 43.9. The largest absolute Gasteiger partial charge is 1.00 e. The van der Waals surface area contributed by atoms with Gasteiger partial charge in [-0.3, -0.25) is 9.59 Å². The summed E-state index contributed by atoms with van der Waals surface area (Å²) < 4.78 is 87.8. The van der Waals surface area contributed by atoms with E-state index in [0.29, 0.717) is 25.7 Å². The molecule has 8 fully saturated rings. The van der Waals surface area contributed by atoms with Gasteiger partial charge in [0.05, 0.1) is 64.1 Å². The van der Waals surface area contributed by atoms with Crippen LogP contribution in [0.3, 0.4) is 0 Å².